The summed E-state index contributed by atoms with van der Waals surface area (Å²) in [6.45, 7) is 6.53. The van der Waals surface area contributed by atoms with Crippen LogP contribution >= 0.6 is 0 Å². The Morgan fingerprint density at radius 2 is 1.88 bits per heavy atom. The van der Waals surface area contributed by atoms with Gasteiger partial charge in [0, 0.05) is 11.8 Å². The highest BCUT2D eigenvalue weighted by Gasteiger charge is 2.12. The van der Waals surface area contributed by atoms with Crippen molar-refractivity contribution in [3.8, 4) is 0 Å². The first kappa shape index (κ1) is 15.9. The third-order valence-electron chi connectivity index (χ3n) is 3.80. The molecule has 0 bridgehead atoms. The van der Waals surface area contributed by atoms with Gasteiger partial charge in [0.15, 0.2) is 0 Å². The maximum atomic E-state index is 12.0. The lowest BCUT2D eigenvalue weighted by Crippen LogP contribution is -2.10. The monoisotopic (exact) mass is 320 g/mol. The molecule has 1 amide bonds. The van der Waals surface area contributed by atoms with Crippen LogP contribution in [0.25, 0.3) is 17.1 Å². The first-order chi connectivity index (χ1) is 11.4. The van der Waals surface area contributed by atoms with Crippen LogP contribution < -0.4 is 5.32 Å². The van der Waals surface area contributed by atoms with Crippen LogP contribution in [-0.2, 0) is 10.2 Å². The van der Waals surface area contributed by atoms with Gasteiger partial charge in [0.25, 0.3) is 0 Å². The number of aromatic amines is 1. The molecule has 3 rings (SSSR count). The summed E-state index contributed by atoms with van der Waals surface area (Å²) in [6, 6.07) is 13.7. The molecule has 0 aliphatic heterocycles. The summed E-state index contributed by atoms with van der Waals surface area (Å²) < 4.78 is 0. The number of hydrogen-bond donors (Lipinski definition) is 2. The molecular formula is C19H20N4O. The van der Waals surface area contributed by atoms with Crippen molar-refractivity contribution in [3.05, 3.63) is 59.7 Å². The zero-order valence-electron chi connectivity index (χ0n) is 14.0. The normalized spacial score (nSPS) is 12.0. The van der Waals surface area contributed by atoms with Crippen LogP contribution in [0.2, 0.25) is 0 Å². The lowest BCUT2D eigenvalue weighted by molar-refractivity contribution is -0.111. The minimum absolute atomic E-state index is 0.124. The molecule has 5 nitrogen and oxygen atoms in total. The molecule has 2 N–H and O–H groups in total. The largest absolute Gasteiger partial charge is 0.322 e. The van der Waals surface area contributed by atoms with Crippen molar-refractivity contribution < 1.29 is 4.79 Å². The van der Waals surface area contributed by atoms with Crippen molar-refractivity contribution in [2.24, 2.45) is 0 Å². The number of nitrogens with one attached hydrogen (secondary N) is 2. The van der Waals surface area contributed by atoms with Crippen molar-refractivity contribution in [3.63, 3.8) is 0 Å². The Morgan fingerprint density at radius 3 is 2.58 bits per heavy atom. The van der Waals surface area contributed by atoms with E-state index < -0.39 is 0 Å². The number of H-pyrrole nitrogens is 1. The standard InChI is InChI=1S/C19H20N4O/c1-19(2,3)14-7-4-13(5-8-14)6-11-18(24)20-15-9-10-16-17(12-15)22-23-21-16/h4-12H,1-3H3,(H,20,24)(H,21,22,23)/b11-6+. The number of anilines is 1. The molecule has 0 saturated carbocycles. The molecule has 2 aromatic carbocycles. The highest BCUT2D eigenvalue weighted by molar-refractivity contribution is 6.02. The summed E-state index contributed by atoms with van der Waals surface area (Å²) in [5.74, 6) is -0.183. The Bertz CT molecular complexity index is 886. The van der Waals surface area contributed by atoms with Crippen LogP contribution in [0.1, 0.15) is 31.9 Å². The lowest BCUT2D eigenvalue weighted by Gasteiger charge is -2.18. The summed E-state index contributed by atoms with van der Waals surface area (Å²) in [6.07, 6.45) is 3.33. The number of fused-ring (bicyclic) bond motifs is 1. The van der Waals surface area contributed by atoms with Crippen molar-refractivity contribution in [2.45, 2.75) is 26.2 Å². The first-order valence-electron chi connectivity index (χ1n) is 7.82. The molecule has 0 radical (unpaired) electrons. The van der Waals surface area contributed by atoms with Gasteiger partial charge in [-0.2, -0.15) is 0 Å². The zero-order chi connectivity index (χ0) is 17.2. The average Bonchev–Trinajstić information content (AvgIpc) is 3.00. The Balaban J connectivity index is 1.66. The van der Waals surface area contributed by atoms with E-state index in [0.717, 1.165) is 16.6 Å². The maximum absolute atomic E-state index is 12.0. The maximum Gasteiger partial charge on any atom is 0.248 e. The molecule has 0 fully saturated rings. The van der Waals surface area contributed by atoms with Gasteiger partial charge in [-0.05, 0) is 40.8 Å². The predicted molar refractivity (Wildman–Crippen MR) is 96.7 cm³/mol. The second kappa shape index (κ2) is 6.28. The van der Waals surface area contributed by atoms with E-state index >= 15 is 0 Å². The third-order valence-corrected chi connectivity index (χ3v) is 3.80. The number of carbonyl (C=O) groups is 1. The lowest BCUT2D eigenvalue weighted by atomic mass is 9.87. The summed E-state index contributed by atoms with van der Waals surface area (Å²) in [4.78, 5) is 12.0. The Kier molecular flexibility index (Phi) is 4.16. The van der Waals surface area contributed by atoms with Gasteiger partial charge in [0.05, 0.1) is 5.52 Å². The van der Waals surface area contributed by atoms with E-state index in [-0.39, 0.29) is 11.3 Å². The molecule has 3 aromatic rings. The van der Waals surface area contributed by atoms with E-state index in [1.807, 2.05) is 24.3 Å². The first-order valence-corrected chi connectivity index (χ1v) is 7.82. The third kappa shape index (κ3) is 3.68. The van der Waals surface area contributed by atoms with Gasteiger partial charge in [-0.15, -0.1) is 5.10 Å². The summed E-state index contributed by atoms with van der Waals surface area (Å²) in [5, 5.41) is 13.2. The second-order valence-electron chi connectivity index (χ2n) is 6.74. The van der Waals surface area contributed by atoms with Gasteiger partial charge < -0.3 is 5.32 Å². The fourth-order valence-electron chi connectivity index (χ4n) is 2.37. The van der Waals surface area contributed by atoms with Crippen LogP contribution in [0.15, 0.2) is 48.5 Å². The van der Waals surface area contributed by atoms with Crippen LogP contribution in [0.5, 0.6) is 0 Å². The van der Waals surface area contributed by atoms with Crippen molar-refractivity contribution in [1.82, 2.24) is 15.4 Å². The molecule has 0 unspecified atom stereocenters. The van der Waals surface area contributed by atoms with Gasteiger partial charge in [-0.1, -0.05) is 50.3 Å². The number of nitrogens with zero attached hydrogens (tertiary/aromatic N) is 2. The SMILES string of the molecule is CC(C)(C)c1ccc(/C=C/C(=O)Nc2ccc3[nH]nnc3c2)cc1. The van der Waals surface area contributed by atoms with Crippen LogP contribution in [-0.4, -0.2) is 21.3 Å². The Labute approximate surface area is 140 Å². The number of amides is 1. The van der Waals surface area contributed by atoms with Crippen molar-refractivity contribution in [1.29, 1.82) is 0 Å². The molecule has 0 atom stereocenters. The summed E-state index contributed by atoms with van der Waals surface area (Å²) >= 11 is 0. The van der Waals surface area contributed by atoms with Gasteiger partial charge in [0.2, 0.25) is 5.91 Å². The van der Waals surface area contributed by atoms with Crippen molar-refractivity contribution >= 4 is 28.7 Å². The van der Waals surface area contributed by atoms with E-state index in [0.29, 0.717) is 5.69 Å². The van der Waals surface area contributed by atoms with Gasteiger partial charge >= 0.3 is 0 Å². The predicted octanol–water partition coefficient (Wildman–Crippen LogP) is 3.91. The Hall–Kier alpha value is -2.95. The van der Waals surface area contributed by atoms with E-state index in [1.54, 1.807) is 12.1 Å². The number of rotatable bonds is 3. The van der Waals surface area contributed by atoms with Gasteiger partial charge in [-0.25, -0.2) is 0 Å². The number of hydrogen-bond acceptors (Lipinski definition) is 3. The van der Waals surface area contributed by atoms with Gasteiger partial charge in [0.1, 0.15) is 5.52 Å². The minimum atomic E-state index is -0.183. The van der Waals surface area contributed by atoms with E-state index in [4.69, 9.17) is 0 Å². The molecule has 1 aromatic heterocycles. The zero-order valence-corrected chi connectivity index (χ0v) is 14.0. The van der Waals surface area contributed by atoms with Gasteiger partial charge in [-0.3, -0.25) is 9.89 Å². The molecule has 24 heavy (non-hydrogen) atoms. The average molecular weight is 320 g/mol. The second-order valence-corrected chi connectivity index (χ2v) is 6.74. The number of benzene rings is 2. The smallest absolute Gasteiger partial charge is 0.248 e. The number of aromatic nitrogens is 3. The number of carbonyl (C=O) groups excluding carboxylic acids is 1. The summed E-state index contributed by atoms with van der Waals surface area (Å²) in [7, 11) is 0. The topological polar surface area (TPSA) is 70.7 Å². The molecule has 0 saturated heterocycles. The highest BCUT2D eigenvalue weighted by Crippen LogP contribution is 2.22. The fraction of sp³-hybridized carbons (Fsp3) is 0.211. The van der Waals surface area contributed by atoms with E-state index in [2.05, 4.69) is 53.6 Å². The highest BCUT2D eigenvalue weighted by atomic mass is 16.1. The fourth-order valence-corrected chi connectivity index (χ4v) is 2.37. The van der Waals surface area contributed by atoms with E-state index in [9.17, 15) is 4.79 Å². The molecule has 122 valence electrons. The quantitative estimate of drug-likeness (QED) is 0.719. The minimum Gasteiger partial charge on any atom is -0.322 e. The van der Waals surface area contributed by atoms with Crippen molar-refractivity contribution in [2.75, 3.05) is 5.32 Å². The van der Waals surface area contributed by atoms with E-state index in [1.165, 1.54) is 11.6 Å². The summed E-state index contributed by atoms with van der Waals surface area (Å²) in [5.41, 5.74) is 4.63. The van der Waals surface area contributed by atoms with Crippen LogP contribution in [0, 0.1) is 0 Å². The molecule has 0 spiro atoms. The molecular weight excluding hydrogens is 300 g/mol. The molecule has 0 aliphatic carbocycles. The Morgan fingerprint density at radius 1 is 1.12 bits per heavy atom. The molecule has 0 aliphatic rings. The molecule has 1 heterocycles. The van der Waals surface area contributed by atoms with Crippen LogP contribution in [0.3, 0.4) is 0 Å². The molecule has 5 heteroatoms. The van der Waals surface area contributed by atoms with Crippen LogP contribution in [0.4, 0.5) is 5.69 Å².